The Bertz CT molecular complexity index is 546. The van der Waals surface area contributed by atoms with E-state index >= 15 is 0 Å². The van der Waals surface area contributed by atoms with Gasteiger partial charge in [-0.15, -0.1) is 24.8 Å². The summed E-state index contributed by atoms with van der Waals surface area (Å²) in [5, 5.41) is 12.6. The molecule has 0 unspecified atom stereocenters. The Hall–Kier alpha value is -1.39. The number of nitrogens with one attached hydrogen (secondary N) is 1. The molecule has 1 saturated heterocycles. The molecular formula is C16H25Cl2N3O3. The summed E-state index contributed by atoms with van der Waals surface area (Å²) in [5.41, 5.74) is 0.962. The lowest BCUT2D eigenvalue weighted by molar-refractivity contribution is 0.172. The van der Waals surface area contributed by atoms with E-state index in [1.54, 1.807) is 21.3 Å². The molecule has 1 fully saturated rings. The van der Waals surface area contributed by atoms with Crippen LogP contribution in [0.4, 0.5) is 0 Å². The van der Waals surface area contributed by atoms with Gasteiger partial charge < -0.3 is 19.5 Å². The van der Waals surface area contributed by atoms with E-state index in [0.29, 0.717) is 17.9 Å². The highest BCUT2D eigenvalue weighted by molar-refractivity contribution is 5.85. The Balaban J connectivity index is 0.00000264. The van der Waals surface area contributed by atoms with Crippen molar-refractivity contribution in [2.45, 2.75) is 12.5 Å². The molecule has 2 rings (SSSR count). The smallest absolute Gasteiger partial charge is 0.164 e. The second kappa shape index (κ2) is 11.2. The van der Waals surface area contributed by atoms with Gasteiger partial charge in [0.1, 0.15) is 5.75 Å². The van der Waals surface area contributed by atoms with Crippen molar-refractivity contribution in [3.05, 3.63) is 17.7 Å². The number of hydrogen-bond acceptors (Lipinski definition) is 6. The van der Waals surface area contributed by atoms with Crippen LogP contribution in [0.15, 0.2) is 12.1 Å². The maximum absolute atomic E-state index is 9.23. The van der Waals surface area contributed by atoms with Gasteiger partial charge in [-0.3, -0.25) is 4.90 Å². The van der Waals surface area contributed by atoms with E-state index in [9.17, 15) is 5.26 Å². The zero-order valence-corrected chi connectivity index (χ0v) is 15.8. The van der Waals surface area contributed by atoms with E-state index in [1.165, 1.54) is 0 Å². The SMILES string of the molecule is COc1cc(OC)c([C@@H](CC#N)N2CCNCC2)cc1OC.Cl.Cl. The normalized spacial score (nSPS) is 15.2. The second-order valence-corrected chi connectivity index (χ2v) is 5.11. The molecule has 0 aromatic heterocycles. The van der Waals surface area contributed by atoms with Crippen LogP contribution >= 0.6 is 24.8 Å². The predicted molar refractivity (Wildman–Crippen MR) is 98.0 cm³/mol. The first-order valence-electron chi connectivity index (χ1n) is 7.36. The summed E-state index contributed by atoms with van der Waals surface area (Å²) in [6, 6.07) is 6.02. The monoisotopic (exact) mass is 377 g/mol. The maximum atomic E-state index is 9.23. The van der Waals surface area contributed by atoms with Crippen LogP contribution in [0.2, 0.25) is 0 Å². The standard InChI is InChI=1S/C16H23N3O3.2ClH/c1-20-14-11-16(22-3)15(21-2)10-12(14)13(4-5-17)19-8-6-18-7-9-19;;/h10-11,13,18H,4,6-9H2,1-3H3;2*1H/t13-;;/m1../s1. The number of halogens is 2. The summed E-state index contributed by atoms with van der Waals surface area (Å²) < 4.78 is 16.2. The van der Waals surface area contributed by atoms with Crippen LogP contribution in [0.1, 0.15) is 18.0 Å². The van der Waals surface area contributed by atoms with E-state index in [-0.39, 0.29) is 30.9 Å². The highest BCUT2D eigenvalue weighted by Gasteiger charge is 2.26. The van der Waals surface area contributed by atoms with Gasteiger partial charge in [0, 0.05) is 37.8 Å². The van der Waals surface area contributed by atoms with Gasteiger partial charge in [-0.1, -0.05) is 0 Å². The highest BCUT2D eigenvalue weighted by atomic mass is 35.5. The molecule has 1 aliphatic rings. The first-order valence-corrected chi connectivity index (χ1v) is 7.36. The van der Waals surface area contributed by atoms with Gasteiger partial charge in [0.15, 0.2) is 11.5 Å². The van der Waals surface area contributed by atoms with Crippen molar-refractivity contribution in [3.63, 3.8) is 0 Å². The molecule has 1 atom stereocenters. The number of nitriles is 1. The van der Waals surface area contributed by atoms with Crippen molar-refractivity contribution in [3.8, 4) is 23.3 Å². The lowest BCUT2D eigenvalue weighted by Gasteiger charge is -2.34. The van der Waals surface area contributed by atoms with Crippen molar-refractivity contribution in [2.75, 3.05) is 47.5 Å². The zero-order chi connectivity index (χ0) is 15.9. The molecule has 0 bridgehead atoms. The summed E-state index contributed by atoms with van der Waals surface area (Å²) in [5.74, 6) is 1.99. The molecule has 0 spiro atoms. The number of piperazine rings is 1. The maximum Gasteiger partial charge on any atom is 0.164 e. The van der Waals surface area contributed by atoms with Gasteiger partial charge in [0.05, 0.1) is 39.9 Å². The number of methoxy groups -OCH3 is 3. The van der Waals surface area contributed by atoms with E-state index in [2.05, 4.69) is 16.3 Å². The van der Waals surface area contributed by atoms with E-state index in [1.807, 2.05) is 12.1 Å². The molecule has 24 heavy (non-hydrogen) atoms. The molecule has 0 saturated carbocycles. The Morgan fingerprint density at radius 1 is 1.04 bits per heavy atom. The summed E-state index contributed by atoms with van der Waals surface area (Å²) >= 11 is 0. The Labute approximate surface area is 155 Å². The van der Waals surface area contributed by atoms with E-state index in [0.717, 1.165) is 37.5 Å². The average molecular weight is 378 g/mol. The summed E-state index contributed by atoms with van der Waals surface area (Å²) in [7, 11) is 4.84. The molecular weight excluding hydrogens is 353 g/mol. The summed E-state index contributed by atoms with van der Waals surface area (Å²) in [6.45, 7) is 3.67. The predicted octanol–water partition coefficient (Wildman–Crippen LogP) is 2.42. The van der Waals surface area contributed by atoms with Crippen LogP contribution < -0.4 is 19.5 Å². The first kappa shape index (κ1) is 22.6. The number of hydrogen-bond donors (Lipinski definition) is 1. The lowest BCUT2D eigenvalue weighted by Crippen LogP contribution is -2.45. The fraction of sp³-hybridized carbons (Fsp3) is 0.562. The van der Waals surface area contributed by atoms with Crippen molar-refractivity contribution < 1.29 is 14.2 Å². The third-order valence-electron chi connectivity index (χ3n) is 3.97. The summed E-state index contributed by atoms with van der Waals surface area (Å²) in [6.07, 6.45) is 0.409. The Morgan fingerprint density at radius 2 is 1.58 bits per heavy atom. The molecule has 0 aliphatic carbocycles. The molecule has 1 aromatic carbocycles. The highest BCUT2D eigenvalue weighted by Crippen LogP contribution is 2.40. The molecule has 6 nitrogen and oxygen atoms in total. The van der Waals surface area contributed by atoms with Gasteiger partial charge in [-0.2, -0.15) is 5.26 Å². The van der Waals surface area contributed by atoms with Crippen LogP contribution in [-0.4, -0.2) is 52.4 Å². The average Bonchev–Trinajstić information content (AvgIpc) is 2.59. The van der Waals surface area contributed by atoms with Crippen LogP contribution in [0.25, 0.3) is 0 Å². The zero-order valence-electron chi connectivity index (χ0n) is 14.2. The molecule has 0 radical (unpaired) electrons. The van der Waals surface area contributed by atoms with Crippen molar-refractivity contribution in [2.24, 2.45) is 0 Å². The molecule has 136 valence electrons. The van der Waals surface area contributed by atoms with Crippen LogP contribution in [0.3, 0.4) is 0 Å². The number of nitrogens with zero attached hydrogens (tertiary/aromatic N) is 2. The third kappa shape index (κ3) is 5.05. The molecule has 0 amide bonds. The number of benzene rings is 1. The quantitative estimate of drug-likeness (QED) is 0.820. The van der Waals surface area contributed by atoms with E-state index in [4.69, 9.17) is 14.2 Å². The second-order valence-electron chi connectivity index (χ2n) is 5.11. The minimum absolute atomic E-state index is 0. The Kier molecular flexibility index (Phi) is 10.6. The summed E-state index contributed by atoms with van der Waals surface area (Å²) in [4.78, 5) is 2.31. The Morgan fingerprint density at radius 3 is 2.08 bits per heavy atom. The molecule has 1 heterocycles. The van der Waals surface area contributed by atoms with Crippen molar-refractivity contribution in [1.29, 1.82) is 5.26 Å². The first-order chi connectivity index (χ1) is 10.7. The van der Waals surface area contributed by atoms with Crippen molar-refractivity contribution in [1.82, 2.24) is 10.2 Å². The minimum atomic E-state index is -0.0122. The van der Waals surface area contributed by atoms with Crippen LogP contribution in [-0.2, 0) is 0 Å². The van der Waals surface area contributed by atoms with Gasteiger partial charge in [-0.05, 0) is 6.07 Å². The topological polar surface area (TPSA) is 66.8 Å². The number of rotatable bonds is 6. The number of ether oxygens (including phenoxy) is 3. The van der Waals surface area contributed by atoms with E-state index < -0.39 is 0 Å². The third-order valence-corrected chi connectivity index (χ3v) is 3.97. The van der Waals surface area contributed by atoms with Crippen LogP contribution in [0.5, 0.6) is 17.2 Å². The van der Waals surface area contributed by atoms with Gasteiger partial charge in [0.2, 0.25) is 0 Å². The van der Waals surface area contributed by atoms with Crippen molar-refractivity contribution >= 4 is 24.8 Å². The minimum Gasteiger partial charge on any atom is -0.496 e. The van der Waals surface area contributed by atoms with Gasteiger partial charge >= 0.3 is 0 Å². The van der Waals surface area contributed by atoms with Gasteiger partial charge in [0.25, 0.3) is 0 Å². The van der Waals surface area contributed by atoms with Crippen LogP contribution in [0, 0.1) is 11.3 Å². The lowest BCUT2D eigenvalue weighted by atomic mass is 9.99. The largest absolute Gasteiger partial charge is 0.496 e. The molecule has 1 aliphatic heterocycles. The molecule has 1 N–H and O–H groups in total. The molecule has 1 aromatic rings. The van der Waals surface area contributed by atoms with Gasteiger partial charge in [-0.25, -0.2) is 0 Å². The fourth-order valence-corrected chi connectivity index (χ4v) is 2.83. The fourth-order valence-electron chi connectivity index (χ4n) is 2.83. The molecule has 8 heteroatoms.